The van der Waals surface area contributed by atoms with Gasteiger partial charge in [-0.2, -0.15) is 5.10 Å². The van der Waals surface area contributed by atoms with Gasteiger partial charge in [-0.25, -0.2) is 9.67 Å². The molecule has 8 nitrogen and oxygen atoms in total. The molecule has 2 aromatic carbocycles. The zero-order chi connectivity index (χ0) is 18.5. The molecule has 1 heterocycles. The molecule has 0 atom stereocenters. The van der Waals surface area contributed by atoms with Crippen LogP contribution in [0.5, 0.6) is 0 Å². The van der Waals surface area contributed by atoms with Gasteiger partial charge >= 0.3 is 0 Å². The fourth-order valence-corrected chi connectivity index (χ4v) is 2.45. The quantitative estimate of drug-likeness (QED) is 0.421. The van der Waals surface area contributed by atoms with E-state index in [1.165, 1.54) is 35.6 Å². The first kappa shape index (κ1) is 17.3. The molecule has 0 saturated heterocycles. The Labute approximate surface area is 152 Å². The van der Waals surface area contributed by atoms with Crippen LogP contribution in [0.1, 0.15) is 5.56 Å². The van der Waals surface area contributed by atoms with Crippen LogP contribution >= 0.6 is 11.6 Å². The summed E-state index contributed by atoms with van der Waals surface area (Å²) >= 11 is 6.00. The third-order valence-electron chi connectivity index (χ3n) is 3.43. The number of nitrogens with zero attached hydrogens (tertiary/aromatic N) is 4. The van der Waals surface area contributed by atoms with Gasteiger partial charge in [-0.3, -0.25) is 14.9 Å². The Hall–Kier alpha value is -3.52. The van der Waals surface area contributed by atoms with Gasteiger partial charge in [0.2, 0.25) is 5.91 Å². The Kier molecular flexibility index (Phi) is 5.04. The maximum Gasteiger partial charge on any atom is 0.276 e. The van der Waals surface area contributed by atoms with Crippen molar-refractivity contribution in [3.05, 3.63) is 81.9 Å². The summed E-state index contributed by atoms with van der Waals surface area (Å²) in [5.41, 5.74) is 1.26. The number of nitro benzene ring substituents is 1. The average molecular weight is 370 g/mol. The molecular formula is C17H12ClN5O3. The van der Waals surface area contributed by atoms with Gasteiger partial charge in [0.05, 0.1) is 21.9 Å². The summed E-state index contributed by atoms with van der Waals surface area (Å²) in [6.07, 6.45) is 5.46. The Morgan fingerprint density at radius 3 is 2.81 bits per heavy atom. The number of nitrogens with one attached hydrogen (secondary N) is 1. The van der Waals surface area contributed by atoms with Gasteiger partial charge in [-0.15, -0.1) is 0 Å². The van der Waals surface area contributed by atoms with Crippen LogP contribution in [-0.2, 0) is 4.79 Å². The van der Waals surface area contributed by atoms with E-state index in [1.54, 1.807) is 36.4 Å². The highest BCUT2D eigenvalue weighted by atomic mass is 35.5. The fraction of sp³-hybridized carbons (Fsp3) is 0. The molecule has 0 aliphatic carbocycles. The summed E-state index contributed by atoms with van der Waals surface area (Å²) in [6, 6.07) is 11.1. The largest absolute Gasteiger partial charge is 0.321 e. The predicted octanol–water partition coefficient (Wildman–Crippen LogP) is 3.48. The molecule has 0 saturated carbocycles. The molecule has 1 N–H and O–H groups in total. The third kappa shape index (κ3) is 3.93. The molecule has 0 aliphatic heterocycles. The monoisotopic (exact) mass is 369 g/mol. The number of nitro groups is 1. The highest BCUT2D eigenvalue weighted by molar-refractivity contribution is 6.31. The molecule has 0 unspecified atom stereocenters. The third-order valence-corrected chi connectivity index (χ3v) is 3.66. The Bertz CT molecular complexity index is 986. The molecule has 0 radical (unpaired) electrons. The highest BCUT2D eigenvalue weighted by Gasteiger charge is 2.11. The van der Waals surface area contributed by atoms with Crippen LogP contribution in [0.3, 0.4) is 0 Å². The average Bonchev–Trinajstić information content (AvgIpc) is 3.14. The van der Waals surface area contributed by atoms with Crippen LogP contribution in [0.2, 0.25) is 5.02 Å². The summed E-state index contributed by atoms with van der Waals surface area (Å²) in [4.78, 5) is 26.6. The number of amides is 1. The summed E-state index contributed by atoms with van der Waals surface area (Å²) < 4.78 is 1.48. The normalized spacial score (nSPS) is 10.8. The standard InChI is InChI=1S/C17H12ClN5O3/c18-13-6-7-16(22-11-19-10-20-22)14(9-13)21-17(24)8-5-12-3-1-2-4-15(12)23(25)26/h1-11H,(H,21,24)/b8-5+. The van der Waals surface area contributed by atoms with Gasteiger partial charge in [-0.05, 0) is 30.3 Å². The van der Waals surface area contributed by atoms with Crippen molar-refractivity contribution in [2.24, 2.45) is 0 Å². The van der Waals surface area contributed by atoms with E-state index in [-0.39, 0.29) is 5.69 Å². The molecule has 1 amide bonds. The van der Waals surface area contributed by atoms with Gasteiger partial charge in [0.1, 0.15) is 12.7 Å². The summed E-state index contributed by atoms with van der Waals surface area (Å²) in [7, 11) is 0. The lowest BCUT2D eigenvalue weighted by Gasteiger charge is -2.10. The number of carbonyl (C=O) groups excluding carboxylic acids is 1. The van der Waals surface area contributed by atoms with E-state index in [0.29, 0.717) is 22.0 Å². The summed E-state index contributed by atoms with van der Waals surface area (Å²) in [6.45, 7) is 0. The van der Waals surface area contributed by atoms with Crippen LogP contribution in [0.25, 0.3) is 11.8 Å². The maximum absolute atomic E-state index is 12.2. The molecule has 0 bridgehead atoms. The summed E-state index contributed by atoms with van der Waals surface area (Å²) in [5, 5.41) is 18.2. The van der Waals surface area contributed by atoms with Crippen LogP contribution < -0.4 is 5.32 Å². The number of rotatable bonds is 5. The second kappa shape index (κ2) is 7.58. The molecule has 130 valence electrons. The van der Waals surface area contributed by atoms with Gasteiger partial charge in [0, 0.05) is 17.2 Å². The van der Waals surface area contributed by atoms with E-state index in [1.807, 2.05) is 0 Å². The van der Waals surface area contributed by atoms with Gasteiger partial charge < -0.3 is 5.32 Å². The Morgan fingerprint density at radius 1 is 1.27 bits per heavy atom. The topological polar surface area (TPSA) is 103 Å². The smallest absolute Gasteiger partial charge is 0.276 e. The van der Waals surface area contributed by atoms with E-state index in [0.717, 1.165) is 0 Å². The lowest BCUT2D eigenvalue weighted by atomic mass is 10.1. The minimum absolute atomic E-state index is 0.0809. The van der Waals surface area contributed by atoms with Crippen LogP contribution in [0.15, 0.2) is 61.2 Å². The lowest BCUT2D eigenvalue weighted by molar-refractivity contribution is -0.385. The molecule has 0 aliphatic rings. The molecule has 3 rings (SSSR count). The predicted molar refractivity (Wildman–Crippen MR) is 97.1 cm³/mol. The fourth-order valence-electron chi connectivity index (χ4n) is 2.28. The van der Waals surface area contributed by atoms with Gasteiger partial charge in [0.25, 0.3) is 5.69 Å². The number of carbonyl (C=O) groups is 1. The molecule has 1 aromatic heterocycles. The number of hydrogen-bond donors (Lipinski definition) is 1. The molecular weight excluding hydrogens is 358 g/mol. The van der Waals surface area contributed by atoms with Crippen molar-refractivity contribution >= 4 is 35.0 Å². The summed E-state index contributed by atoms with van der Waals surface area (Å²) in [5.74, 6) is -0.466. The minimum atomic E-state index is -0.503. The van der Waals surface area contributed by atoms with Crippen molar-refractivity contribution in [3.8, 4) is 5.69 Å². The first-order chi connectivity index (χ1) is 12.5. The second-order valence-corrected chi connectivity index (χ2v) is 5.58. The van der Waals surface area contributed by atoms with E-state index in [4.69, 9.17) is 11.6 Å². The van der Waals surface area contributed by atoms with Crippen molar-refractivity contribution in [2.45, 2.75) is 0 Å². The van der Waals surface area contributed by atoms with E-state index in [2.05, 4.69) is 15.4 Å². The Balaban J connectivity index is 1.83. The van der Waals surface area contributed by atoms with E-state index >= 15 is 0 Å². The number of para-hydroxylation sites is 1. The molecule has 9 heteroatoms. The maximum atomic E-state index is 12.2. The number of hydrogen-bond acceptors (Lipinski definition) is 5. The highest BCUT2D eigenvalue weighted by Crippen LogP contribution is 2.24. The first-order valence-corrected chi connectivity index (χ1v) is 7.79. The van der Waals surface area contributed by atoms with Crippen LogP contribution in [-0.4, -0.2) is 25.6 Å². The lowest BCUT2D eigenvalue weighted by Crippen LogP contribution is -2.11. The SMILES string of the molecule is O=C(/C=C/c1ccccc1[N+](=O)[O-])Nc1cc(Cl)ccc1-n1cncn1. The van der Waals surface area contributed by atoms with Crippen molar-refractivity contribution < 1.29 is 9.72 Å². The van der Waals surface area contributed by atoms with Crippen molar-refractivity contribution in [3.63, 3.8) is 0 Å². The molecule has 0 fully saturated rings. The van der Waals surface area contributed by atoms with Crippen LogP contribution in [0.4, 0.5) is 11.4 Å². The van der Waals surface area contributed by atoms with Crippen molar-refractivity contribution in [2.75, 3.05) is 5.32 Å². The number of anilines is 1. The second-order valence-electron chi connectivity index (χ2n) is 5.14. The zero-order valence-corrected chi connectivity index (χ0v) is 14.0. The van der Waals surface area contributed by atoms with Crippen molar-refractivity contribution in [1.29, 1.82) is 0 Å². The number of aromatic nitrogens is 3. The van der Waals surface area contributed by atoms with Gasteiger partial charge in [-0.1, -0.05) is 23.7 Å². The minimum Gasteiger partial charge on any atom is -0.321 e. The van der Waals surface area contributed by atoms with Crippen molar-refractivity contribution in [1.82, 2.24) is 14.8 Å². The van der Waals surface area contributed by atoms with E-state index < -0.39 is 10.8 Å². The van der Waals surface area contributed by atoms with E-state index in [9.17, 15) is 14.9 Å². The first-order valence-electron chi connectivity index (χ1n) is 7.41. The molecule has 0 spiro atoms. The number of benzene rings is 2. The number of halogens is 1. The Morgan fingerprint density at radius 2 is 2.08 bits per heavy atom. The van der Waals surface area contributed by atoms with Gasteiger partial charge in [0.15, 0.2) is 0 Å². The molecule has 3 aromatic rings. The molecule has 26 heavy (non-hydrogen) atoms. The zero-order valence-electron chi connectivity index (χ0n) is 13.2. The van der Waals surface area contributed by atoms with Crippen LogP contribution in [0, 0.1) is 10.1 Å².